The van der Waals surface area contributed by atoms with Crippen LogP contribution in [0.5, 0.6) is 11.5 Å². The maximum atomic E-state index is 13.9. The molecule has 0 fully saturated rings. The summed E-state index contributed by atoms with van der Waals surface area (Å²) >= 11 is 1.47. The Balaban J connectivity index is 1.95. The molecule has 3 rings (SSSR count). The van der Waals surface area contributed by atoms with E-state index >= 15 is 0 Å². The van der Waals surface area contributed by atoms with Gasteiger partial charge in [0.1, 0.15) is 27.9 Å². The Morgan fingerprint density at radius 2 is 1.35 bits per heavy atom. The van der Waals surface area contributed by atoms with Crippen LogP contribution in [0, 0.1) is 13.8 Å². The van der Waals surface area contributed by atoms with Crippen LogP contribution in [0.15, 0.2) is 48.5 Å². The maximum absolute atomic E-state index is 13.9. The van der Waals surface area contributed by atoms with Crippen molar-refractivity contribution in [2.45, 2.75) is 45.2 Å². The molecule has 0 N–H and O–H groups in total. The van der Waals surface area contributed by atoms with Crippen LogP contribution in [-0.4, -0.2) is 44.3 Å². The lowest BCUT2D eigenvalue weighted by atomic mass is 10.2. The summed E-state index contributed by atoms with van der Waals surface area (Å²) < 4.78 is 45.5. The van der Waals surface area contributed by atoms with Crippen LogP contribution in [0.25, 0.3) is 0 Å². The Morgan fingerprint density at radius 3 is 1.71 bits per heavy atom. The van der Waals surface area contributed by atoms with E-state index in [-0.39, 0.29) is 13.1 Å². The Bertz CT molecular complexity index is 1110. The molecule has 0 saturated heterocycles. The number of sulfonamides is 1. The highest BCUT2D eigenvalue weighted by atomic mass is 32.2. The molecule has 184 valence electrons. The highest BCUT2D eigenvalue weighted by molar-refractivity contribution is 7.89. The molecule has 0 aliphatic rings. The first-order valence-corrected chi connectivity index (χ1v) is 13.2. The molecule has 1 heterocycles. The molecule has 2 atom stereocenters. The molecule has 0 amide bonds. The number of aromatic nitrogens is 1. The van der Waals surface area contributed by atoms with Crippen molar-refractivity contribution in [2.24, 2.45) is 0 Å². The number of hydrogen-bond acceptors (Lipinski definition) is 7. The Morgan fingerprint density at radius 1 is 0.882 bits per heavy atom. The smallest absolute Gasteiger partial charge is 0.220 e. The third-order valence-corrected chi connectivity index (χ3v) is 9.13. The summed E-state index contributed by atoms with van der Waals surface area (Å²) in [5, 5.41) is -0.165. The predicted molar refractivity (Wildman–Crippen MR) is 135 cm³/mol. The van der Waals surface area contributed by atoms with Gasteiger partial charge in [-0.3, -0.25) is 0 Å². The van der Waals surface area contributed by atoms with Crippen molar-refractivity contribution < 1.29 is 22.6 Å². The molecule has 0 unspecified atom stereocenters. The van der Waals surface area contributed by atoms with E-state index in [1.54, 1.807) is 21.1 Å². The van der Waals surface area contributed by atoms with Crippen LogP contribution in [0.1, 0.15) is 39.7 Å². The zero-order valence-electron chi connectivity index (χ0n) is 20.4. The number of rotatable bonds is 11. The highest BCUT2D eigenvalue weighted by Gasteiger charge is 2.37. The van der Waals surface area contributed by atoms with E-state index in [4.69, 9.17) is 14.2 Å². The van der Waals surface area contributed by atoms with Gasteiger partial charge in [0.05, 0.1) is 19.9 Å². The Hall–Kier alpha value is -2.46. The second kappa shape index (κ2) is 11.3. The molecule has 1 aromatic heterocycles. The minimum atomic E-state index is -3.78. The van der Waals surface area contributed by atoms with Crippen LogP contribution in [0.3, 0.4) is 0 Å². The Labute approximate surface area is 206 Å². The fourth-order valence-corrected chi connectivity index (χ4v) is 6.48. The molecule has 7 nitrogen and oxygen atoms in total. The van der Waals surface area contributed by atoms with Crippen molar-refractivity contribution in [3.63, 3.8) is 0 Å². The zero-order valence-corrected chi connectivity index (χ0v) is 22.1. The van der Waals surface area contributed by atoms with Crippen LogP contribution >= 0.6 is 11.3 Å². The molecule has 2 aromatic carbocycles. The average molecular weight is 505 g/mol. The minimum absolute atomic E-state index is 0.217. The van der Waals surface area contributed by atoms with Gasteiger partial charge in [-0.15, -0.1) is 11.3 Å². The van der Waals surface area contributed by atoms with Crippen LogP contribution in [0.2, 0.25) is 0 Å². The van der Waals surface area contributed by atoms with Gasteiger partial charge in [0.15, 0.2) is 0 Å². The lowest BCUT2D eigenvalue weighted by Crippen LogP contribution is -2.40. The number of aryl methyl sites for hydroxylation is 2. The van der Waals surface area contributed by atoms with Gasteiger partial charge in [0.25, 0.3) is 0 Å². The van der Waals surface area contributed by atoms with Gasteiger partial charge in [0.2, 0.25) is 10.0 Å². The molecular formula is C25H32N2O5S2. The number of benzene rings is 2. The first kappa shape index (κ1) is 26.2. The normalized spacial score (nSPS) is 13.6. The maximum Gasteiger partial charge on any atom is 0.220 e. The summed E-state index contributed by atoms with van der Waals surface area (Å²) in [5.41, 5.74) is 2.61. The zero-order chi connectivity index (χ0) is 24.9. The van der Waals surface area contributed by atoms with E-state index < -0.39 is 21.4 Å². The lowest BCUT2D eigenvalue weighted by molar-refractivity contribution is 0.100. The summed E-state index contributed by atoms with van der Waals surface area (Å²) in [4.78, 5) is 5.62. The second-order valence-corrected chi connectivity index (χ2v) is 11.6. The Kier molecular flexibility index (Phi) is 8.70. The van der Waals surface area contributed by atoms with E-state index in [2.05, 4.69) is 4.98 Å². The molecule has 0 aliphatic carbocycles. The van der Waals surface area contributed by atoms with E-state index in [1.165, 1.54) is 22.8 Å². The summed E-state index contributed by atoms with van der Waals surface area (Å²) in [5.74, 6) is 1.44. The van der Waals surface area contributed by atoms with Crippen LogP contribution in [-0.2, 0) is 27.8 Å². The SMILES string of the molecule is COc1ccc(CN(Cc2ccc(OC)cc2)S(=O)(=O)[C@@H](C)[C@H](OC)c2nc(C)c(C)s2)cc1. The van der Waals surface area contributed by atoms with Crippen molar-refractivity contribution in [2.75, 3.05) is 21.3 Å². The van der Waals surface area contributed by atoms with Crippen molar-refractivity contribution in [1.29, 1.82) is 0 Å². The topological polar surface area (TPSA) is 78.0 Å². The quantitative estimate of drug-likeness (QED) is 0.370. The predicted octanol–water partition coefficient (Wildman–Crippen LogP) is 4.89. The van der Waals surface area contributed by atoms with Crippen molar-refractivity contribution >= 4 is 21.4 Å². The van der Waals surface area contributed by atoms with Crippen LogP contribution < -0.4 is 9.47 Å². The standard InChI is InChI=1S/C25H32N2O5S2/c1-17-18(2)33-25(26-17)24(32-6)19(3)34(28,29)27(15-20-7-11-22(30-4)12-8-20)16-21-9-13-23(31-5)14-10-21/h7-14,19,24H,15-16H2,1-6H3/t19-,24-/m0/s1. The number of methoxy groups -OCH3 is 3. The molecule has 3 aromatic rings. The summed E-state index contributed by atoms with van der Waals surface area (Å²) in [7, 11) is 0.951. The van der Waals surface area contributed by atoms with E-state index in [9.17, 15) is 8.42 Å². The first-order valence-electron chi connectivity index (χ1n) is 10.9. The minimum Gasteiger partial charge on any atom is -0.497 e. The number of ether oxygens (including phenoxy) is 3. The largest absolute Gasteiger partial charge is 0.497 e. The molecule has 0 aliphatic heterocycles. The second-order valence-electron chi connectivity index (χ2n) is 8.06. The summed E-state index contributed by atoms with van der Waals surface area (Å²) in [6, 6.07) is 14.8. The van der Waals surface area contributed by atoms with Crippen molar-refractivity contribution in [1.82, 2.24) is 9.29 Å². The fraction of sp³-hybridized carbons (Fsp3) is 0.400. The summed E-state index contributed by atoms with van der Waals surface area (Å²) in [6.07, 6.45) is -0.670. The van der Waals surface area contributed by atoms with Crippen LogP contribution in [0.4, 0.5) is 0 Å². The molecule has 0 radical (unpaired) electrons. The number of hydrogen-bond donors (Lipinski definition) is 0. The van der Waals surface area contributed by atoms with Crippen molar-refractivity contribution in [3.8, 4) is 11.5 Å². The molecule has 0 spiro atoms. The van der Waals surface area contributed by atoms with Gasteiger partial charge < -0.3 is 14.2 Å². The third kappa shape index (κ3) is 5.96. The third-order valence-electron chi connectivity index (χ3n) is 5.83. The van der Waals surface area contributed by atoms with E-state index in [0.29, 0.717) is 5.01 Å². The van der Waals surface area contributed by atoms with Gasteiger partial charge in [-0.1, -0.05) is 24.3 Å². The van der Waals surface area contributed by atoms with Gasteiger partial charge in [-0.2, -0.15) is 4.31 Å². The lowest BCUT2D eigenvalue weighted by Gasteiger charge is -2.29. The molecule has 9 heteroatoms. The van der Waals surface area contributed by atoms with Gasteiger partial charge in [0, 0.05) is 25.1 Å². The highest BCUT2D eigenvalue weighted by Crippen LogP contribution is 2.33. The first-order chi connectivity index (χ1) is 16.2. The van der Waals surface area contributed by atoms with Gasteiger partial charge in [-0.05, 0) is 56.2 Å². The van der Waals surface area contributed by atoms with Gasteiger partial charge >= 0.3 is 0 Å². The van der Waals surface area contributed by atoms with E-state index in [1.807, 2.05) is 62.4 Å². The molecule has 0 saturated carbocycles. The number of thiazole rings is 1. The number of nitrogens with zero attached hydrogens (tertiary/aromatic N) is 2. The molecular weight excluding hydrogens is 472 g/mol. The molecule has 34 heavy (non-hydrogen) atoms. The van der Waals surface area contributed by atoms with E-state index in [0.717, 1.165) is 33.2 Å². The van der Waals surface area contributed by atoms with Gasteiger partial charge in [-0.25, -0.2) is 13.4 Å². The molecule has 0 bridgehead atoms. The average Bonchev–Trinajstić information content (AvgIpc) is 3.17. The fourth-order valence-electron chi connectivity index (χ4n) is 3.61. The monoisotopic (exact) mass is 504 g/mol. The van der Waals surface area contributed by atoms with Crippen molar-refractivity contribution in [3.05, 3.63) is 75.2 Å². The summed E-state index contributed by atoms with van der Waals surface area (Å²) in [6.45, 7) is 6.01.